The summed E-state index contributed by atoms with van der Waals surface area (Å²) in [6.45, 7) is 1.84. The van der Waals surface area contributed by atoms with E-state index in [1.807, 2.05) is 36.4 Å². The van der Waals surface area contributed by atoms with E-state index >= 15 is 0 Å². The van der Waals surface area contributed by atoms with Gasteiger partial charge in [0.1, 0.15) is 11.4 Å². The molecule has 0 saturated carbocycles. The number of nitrogens with one attached hydrogen (secondary N) is 1. The Balaban J connectivity index is 0.000000188. The number of rotatable bonds is 12. The van der Waals surface area contributed by atoms with Gasteiger partial charge in [-0.1, -0.05) is 30.6 Å². The van der Waals surface area contributed by atoms with Gasteiger partial charge in [0.25, 0.3) is 11.1 Å². The van der Waals surface area contributed by atoms with Crippen molar-refractivity contribution in [3.63, 3.8) is 0 Å². The lowest BCUT2D eigenvalue weighted by Crippen LogP contribution is -2.48. The first-order chi connectivity index (χ1) is 27.0. The number of carbonyl (C=O) groups is 2. The summed E-state index contributed by atoms with van der Waals surface area (Å²) in [4.78, 5) is 33.2. The summed E-state index contributed by atoms with van der Waals surface area (Å²) in [6, 6.07) is 11.7. The Morgan fingerprint density at radius 3 is 1.72 bits per heavy atom. The van der Waals surface area contributed by atoms with Gasteiger partial charge in [-0.15, -0.1) is 45.3 Å². The number of hydrogen-bond donors (Lipinski definition) is 1. The minimum Gasteiger partial charge on any atom is -0.282 e. The second-order valence-electron chi connectivity index (χ2n) is 13.1. The third-order valence-electron chi connectivity index (χ3n) is 8.93. The molecule has 6 aromatic rings. The van der Waals surface area contributed by atoms with Gasteiger partial charge in [-0.25, -0.2) is 35.4 Å². The SMILES string of the molecule is C.CS(=O)(=O)N1CC(c2cc(CCc3ccc(Cl)s3)[nH]n2)C1.CS(=O)(=O)N1CC(c2cc(CCc3ccc(Cl)s3)n(C(=O)c3cscn3)n2)C1.O=C(Cl)c1cscn1. The topological polar surface area (TPSA) is 181 Å². The van der Waals surface area contributed by atoms with Gasteiger partial charge >= 0.3 is 0 Å². The lowest BCUT2D eigenvalue weighted by molar-refractivity contribution is 0.0935. The van der Waals surface area contributed by atoms with E-state index in [1.165, 1.54) is 64.7 Å². The zero-order chi connectivity index (χ0) is 40.9. The minimum atomic E-state index is -3.19. The number of H-pyrrole nitrogens is 1. The molecule has 0 spiro atoms. The molecule has 2 saturated heterocycles. The van der Waals surface area contributed by atoms with E-state index in [4.69, 9.17) is 34.8 Å². The van der Waals surface area contributed by atoms with Crippen molar-refractivity contribution >= 4 is 111 Å². The summed E-state index contributed by atoms with van der Waals surface area (Å²) >= 11 is 22.8. The van der Waals surface area contributed by atoms with Crippen LogP contribution < -0.4 is 0 Å². The van der Waals surface area contributed by atoms with E-state index in [1.54, 1.807) is 33.1 Å². The number of sulfonamides is 2. The molecule has 0 atom stereocenters. The van der Waals surface area contributed by atoms with Crippen molar-refractivity contribution in [3.8, 4) is 0 Å². The molecule has 0 radical (unpaired) electrons. The largest absolute Gasteiger partial charge is 0.297 e. The summed E-state index contributed by atoms with van der Waals surface area (Å²) in [7, 11) is -6.25. The molecule has 8 rings (SSSR count). The second kappa shape index (κ2) is 20.1. The van der Waals surface area contributed by atoms with Crippen LogP contribution >= 0.6 is 80.1 Å². The van der Waals surface area contributed by atoms with Crippen molar-refractivity contribution in [3.05, 3.63) is 111 Å². The Morgan fingerprint density at radius 1 is 0.759 bits per heavy atom. The van der Waals surface area contributed by atoms with E-state index in [9.17, 15) is 26.4 Å². The van der Waals surface area contributed by atoms with Crippen LogP contribution in [0.3, 0.4) is 0 Å². The fraction of sp³-hybridized carbons (Fsp3) is 0.371. The van der Waals surface area contributed by atoms with Crippen molar-refractivity contribution in [1.82, 2.24) is 38.6 Å². The molecule has 2 aliphatic heterocycles. The summed E-state index contributed by atoms with van der Waals surface area (Å²) in [5.41, 5.74) is 7.42. The Morgan fingerprint density at radius 2 is 1.28 bits per heavy atom. The van der Waals surface area contributed by atoms with Gasteiger partial charge in [0.15, 0.2) is 0 Å². The Bertz CT molecular complexity index is 2500. The summed E-state index contributed by atoms with van der Waals surface area (Å²) < 4.78 is 51.8. The van der Waals surface area contributed by atoms with Crippen LogP contribution in [-0.4, -0.2) is 105 Å². The standard InChI is InChI=1S/C17H17ClN4O3S3.C13H16ClN3O2S2.C4H2ClNOS.CH4/c1-28(24,25)21-7-11(8-21)14-6-12(2-3-13-4-5-16(18)27-13)22(20-14)17(23)15-9-26-10-19-15;1-21(18,19)17-7-9(8-17)12-6-10(15-16-12)2-3-11-4-5-13(14)20-11;5-4(7)3-1-8-2-6-3;/h4-6,9-11H,2-3,7-8H2,1H3;4-6,9H,2-3,7-8H2,1H3,(H,15,16);1-2H;1H4. The number of aryl methyl sites for hydroxylation is 4. The molecule has 0 aromatic carbocycles. The summed E-state index contributed by atoms with van der Waals surface area (Å²) in [6.07, 6.45) is 5.62. The van der Waals surface area contributed by atoms with Crippen molar-refractivity contribution in [2.45, 2.75) is 44.9 Å². The average molecular weight is 967 g/mol. The Kier molecular flexibility index (Phi) is 16.0. The molecule has 0 amide bonds. The number of hydrogen-bond acceptors (Lipinski definition) is 14. The van der Waals surface area contributed by atoms with E-state index in [2.05, 4.69) is 25.3 Å². The van der Waals surface area contributed by atoms with Crippen LogP contribution in [-0.2, 0) is 45.7 Å². The molecule has 0 bridgehead atoms. The van der Waals surface area contributed by atoms with E-state index in [0.29, 0.717) is 44.0 Å². The van der Waals surface area contributed by atoms with Crippen molar-refractivity contribution < 1.29 is 26.4 Å². The maximum absolute atomic E-state index is 12.8. The van der Waals surface area contributed by atoms with Crippen molar-refractivity contribution in [2.75, 3.05) is 38.7 Å². The number of thiazole rings is 2. The monoisotopic (exact) mass is 964 g/mol. The van der Waals surface area contributed by atoms with E-state index < -0.39 is 25.3 Å². The second-order valence-corrected chi connectivity index (χ2v) is 22.4. The maximum Gasteiger partial charge on any atom is 0.297 e. The molecule has 312 valence electrons. The van der Waals surface area contributed by atoms with Crippen LogP contribution in [0.25, 0.3) is 0 Å². The number of carbonyl (C=O) groups excluding carboxylic acids is 2. The molecule has 0 aliphatic carbocycles. The molecular weight excluding hydrogens is 927 g/mol. The van der Waals surface area contributed by atoms with Gasteiger partial charge in [-0.2, -0.15) is 14.9 Å². The predicted octanol–water partition coefficient (Wildman–Crippen LogP) is 7.31. The van der Waals surface area contributed by atoms with Gasteiger partial charge in [0.05, 0.1) is 43.6 Å². The number of thiophene rings is 2. The van der Waals surface area contributed by atoms with Crippen LogP contribution in [0.4, 0.5) is 0 Å². The third-order valence-corrected chi connectivity index (χ3v) is 15.3. The highest BCUT2D eigenvalue weighted by Gasteiger charge is 2.37. The lowest BCUT2D eigenvalue weighted by atomic mass is 9.99. The number of halogens is 3. The first-order valence-corrected chi connectivity index (χ1v) is 25.4. The first kappa shape index (κ1) is 46.2. The fourth-order valence-electron chi connectivity index (χ4n) is 5.72. The molecule has 1 N–H and O–H groups in total. The third kappa shape index (κ3) is 12.3. The molecule has 23 heteroatoms. The minimum absolute atomic E-state index is 0. The van der Waals surface area contributed by atoms with Gasteiger partial charge in [0.2, 0.25) is 20.0 Å². The summed E-state index contributed by atoms with van der Waals surface area (Å²) in [5, 5.41) is 14.7. The predicted molar refractivity (Wildman–Crippen MR) is 233 cm³/mol. The Labute approximate surface area is 367 Å². The van der Waals surface area contributed by atoms with Crippen LogP contribution in [0.15, 0.2) is 58.2 Å². The van der Waals surface area contributed by atoms with Crippen LogP contribution in [0, 0.1) is 0 Å². The van der Waals surface area contributed by atoms with Crippen molar-refractivity contribution in [1.29, 1.82) is 0 Å². The normalized spacial score (nSPS) is 15.0. The Hall–Kier alpha value is -2.89. The van der Waals surface area contributed by atoms with E-state index in [-0.39, 0.29) is 25.2 Å². The van der Waals surface area contributed by atoms with Gasteiger partial charge in [-0.3, -0.25) is 14.7 Å². The highest BCUT2D eigenvalue weighted by atomic mass is 35.5. The summed E-state index contributed by atoms with van der Waals surface area (Å²) in [5.74, 6) is -0.0685. The molecule has 6 aromatic heterocycles. The van der Waals surface area contributed by atoms with Crippen molar-refractivity contribution in [2.24, 2.45) is 0 Å². The van der Waals surface area contributed by atoms with Crippen LogP contribution in [0.5, 0.6) is 0 Å². The molecule has 14 nitrogen and oxygen atoms in total. The average Bonchev–Trinajstić information content (AvgIpc) is 3.94. The molecule has 58 heavy (non-hydrogen) atoms. The first-order valence-electron chi connectivity index (χ1n) is 17.1. The molecule has 8 heterocycles. The lowest BCUT2D eigenvalue weighted by Gasteiger charge is -2.36. The van der Waals surface area contributed by atoms with Gasteiger partial charge in [0, 0.05) is 69.9 Å². The molecule has 2 aliphatic rings. The van der Waals surface area contributed by atoms with Crippen LogP contribution in [0.1, 0.15) is 72.8 Å². The maximum atomic E-state index is 12.8. The number of nitrogens with zero attached hydrogens (tertiary/aromatic N) is 7. The molecule has 2 fully saturated rings. The highest BCUT2D eigenvalue weighted by Crippen LogP contribution is 2.31. The zero-order valence-corrected chi connectivity index (χ0v) is 37.4. The van der Waals surface area contributed by atoms with Crippen LogP contribution in [0.2, 0.25) is 8.67 Å². The zero-order valence-electron chi connectivity index (χ0n) is 30.2. The fourth-order valence-corrected chi connectivity index (χ4v) is 10.9. The molecular formula is C35H39Cl3N8O6S6. The number of aromatic nitrogens is 6. The van der Waals surface area contributed by atoms with Gasteiger partial charge in [-0.05, 0) is 73.7 Å². The highest BCUT2D eigenvalue weighted by molar-refractivity contribution is 7.88. The quantitative estimate of drug-likeness (QED) is 0.122. The number of aromatic amines is 1. The smallest absolute Gasteiger partial charge is 0.282 e. The molecule has 0 unspecified atom stereocenters. The van der Waals surface area contributed by atoms with E-state index in [0.717, 1.165) is 55.6 Å². The van der Waals surface area contributed by atoms with Gasteiger partial charge < -0.3 is 0 Å².